The van der Waals surface area contributed by atoms with Crippen LogP contribution in [0.25, 0.3) is 0 Å². The van der Waals surface area contributed by atoms with Crippen LogP contribution < -0.4 is 10.1 Å². The van der Waals surface area contributed by atoms with Crippen LogP contribution in [0.15, 0.2) is 18.3 Å². The molecule has 4 nitrogen and oxygen atoms in total. The van der Waals surface area contributed by atoms with E-state index in [2.05, 4.69) is 10.3 Å². The zero-order valence-corrected chi connectivity index (χ0v) is 8.53. The Labute approximate surface area is 83.9 Å². The number of pyridine rings is 1. The second kappa shape index (κ2) is 5.57. The maximum Gasteiger partial charge on any atom is 0.217 e. The third-order valence-corrected chi connectivity index (χ3v) is 1.96. The standard InChI is InChI=1S/C10H16N2O2/c1-8(7-13)12-6-9-4-3-5-11-10(9)14-2/h3-5,8,12-13H,6-7H2,1-2H3. The summed E-state index contributed by atoms with van der Waals surface area (Å²) in [6.07, 6.45) is 1.69. The smallest absolute Gasteiger partial charge is 0.217 e. The molecule has 14 heavy (non-hydrogen) atoms. The lowest BCUT2D eigenvalue weighted by Crippen LogP contribution is -2.28. The minimum atomic E-state index is 0.0833. The van der Waals surface area contributed by atoms with Crippen molar-refractivity contribution < 1.29 is 9.84 Å². The Morgan fingerprint density at radius 1 is 1.64 bits per heavy atom. The second-order valence-electron chi connectivity index (χ2n) is 3.14. The minimum Gasteiger partial charge on any atom is -0.481 e. The third kappa shape index (κ3) is 2.97. The molecular weight excluding hydrogens is 180 g/mol. The monoisotopic (exact) mass is 196 g/mol. The number of hydrogen-bond donors (Lipinski definition) is 2. The summed E-state index contributed by atoms with van der Waals surface area (Å²) in [5.41, 5.74) is 0.996. The second-order valence-corrected chi connectivity index (χ2v) is 3.14. The quantitative estimate of drug-likeness (QED) is 0.722. The molecule has 0 aromatic carbocycles. The zero-order valence-electron chi connectivity index (χ0n) is 8.53. The van der Waals surface area contributed by atoms with Crippen molar-refractivity contribution in [3.05, 3.63) is 23.9 Å². The van der Waals surface area contributed by atoms with Crippen molar-refractivity contribution in [1.29, 1.82) is 0 Å². The Balaban J connectivity index is 2.57. The maximum absolute atomic E-state index is 8.83. The predicted molar refractivity (Wildman–Crippen MR) is 54.2 cm³/mol. The molecule has 1 rings (SSSR count). The summed E-state index contributed by atoms with van der Waals surface area (Å²) in [6.45, 7) is 2.70. The van der Waals surface area contributed by atoms with E-state index in [0.29, 0.717) is 12.4 Å². The molecule has 0 aliphatic heterocycles. The molecule has 0 aliphatic rings. The number of ether oxygens (including phenoxy) is 1. The highest BCUT2D eigenvalue weighted by atomic mass is 16.5. The zero-order chi connectivity index (χ0) is 10.4. The summed E-state index contributed by atoms with van der Waals surface area (Å²) >= 11 is 0. The Morgan fingerprint density at radius 2 is 2.43 bits per heavy atom. The van der Waals surface area contributed by atoms with Crippen molar-refractivity contribution in [2.75, 3.05) is 13.7 Å². The van der Waals surface area contributed by atoms with Crippen LogP contribution >= 0.6 is 0 Å². The first-order valence-electron chi connectivity index (χ1n) is 4.60. The number of aliphatic hydroxyl groups is 1. The van der Waals surface area contributed by atoms with Gasteiger partial charge in [-0.2, -0.15) is 0 Å². The molecule has 1 heterocycles. The molecule has 78 valence electrons. The van der Waals surface area contributed by atoms with Crippen molar-refractivity contribution in [3.8, 4) is 5.88 Å². The molecule has 4 heteroatoms. The molecule has 2 N–H and O–H groups in total. The van der Waals surface area contributed by atoms with Crippen molar-refractivity contribution in [3.63, 3.8) is 0 Å². The molecular formula is C10H16N2O2. The van der Waals surface area contributed by atoms with Gasteiger partial charge < -0.3 is 15.2 Å². The van der Waals surface area contributed by atoms with Crippen LogP contribution in [0.3, 0.4) is 0 Å². The first-order chi connectivity index (χ1) is 6.77. The van der Waals surface area contributed by atoms with Crippen molar-refractivity contribution in [2.45, 2.75) is 19.5 Å². The van der Waals surface area contributed by atoms with Gasteiger partial charge in [-0.1, -0.05) is 6.07 Å². The Kier molecular flexibility index (Phi) is 4.35. The van der Waals surface area contributed by atoms with Gasteiger partial charge in [-0.15, -0.1) is 0 Å². The fourth-order valence-electron chi connectivity index (χ4n) is 1.09. The van der Waals surface area contributed by atoms with Crippen LogP contribution in [-0.4, -0.2) is 29.8 Å². The Hall–Kier alpha value is -1.13. The van der Waals surface area contributed by atoms with Crippen molar-refractivity contribution >= 4 is 0 Å². The molecule has 0 amide bonds. The molecule has 0 aliphatic carbocycles. The number of rotatable bonds is 5. The van der Waals surface area contributed by atoms with Gasteiger partial charge in [0.05, 0.1) is 13.7 Å². The van der Waals surface area contributed by atoms with Crippen LogP contribution in [0.2, 0.25) is 0 Å². The van der Waals surface area contributed by atoms with Gasteiger partial charge in [0.15, 0.2) is 0 Å². The third-order valence-electron chi connectivity index (χ3n) is 1.96. The van der Waals surface area contributed by atoms with E-state index in [1.165, 1.54) is 0 Å². The van der Waals surface area contributed by atoms with E-state index < -0.39 is 0 Å². The minimum absolute atomic E-state index is 0.0833. The molecule has 0 radical (unpaired) electrons. The highest BCUT2D eigenvalue weighted by molar-refractivity contribution is 5.25. The van der Waals surface area contributed by atoms with Gasteiger partial charge in [0.25, 0.3) is 0 Å². The lowest BCUT2D eigenvalue weighted by molar-refractivity contribution is 0.250. The lowest BCUT2D eigenvalue weighted by Gasteiger charge is -2.12. The van der Waals surface area contributed by atoms with Gasteiger partial charge >= 0.3 is 0 Å². The van der Waals surface area contributed by atoms with Gasteiger partial charge in [0.2, 0.25) is 5.88 Å². The van der Waals surface area contributed by atoms with Gasteiger partial charge in [-0.3, -0.25) is 0 Å². The number of nitrogens with zero attached hydrogens (tertiary/aromatic N) is 1. The van der Waals surface area contributed by atoms with Gasteiger partial charge in [-0.05, 0) is 13.0 Å². The Bertz CT molecular complexity index is 279. The van der Waals surface area contributed by atoms with Crippen LogP contribution in [0.5, 0.6) is 5.88 Å². The summed E-state index contributed by atoms with van der Waals surface area (Å²) in [6, 6.07) is 3.89. The van der Waals surface area contributed by atoms with E-state index in [1.807, 2.05) is 19.1 Å². The van der Waals surface area contributed by atoms with Gasteiger partial charge in [-0.25, -0.2) is 4.98 Å². The van der Waals surface area contributed by atoms with E-state index in [9.17, 15) is 0 Å². The largest absolute Gasteiger partial charge is 0.481 e. The number of hydrogen-bond acceptors (Lipinski definition) is 4. The summed E-state index contributed by atoms with van der Waals surface area (Å²) in [7, 11) is 1.60. The number of methoxy groups -OCH3 is 1. The van der Waals surface area contributed by atoms with E-state index in [0.717, 1.165) is 5.56 Å². The van der Waals surface area contributed by atoms with E-state index in [4.69, 9.17) is 9.84 Å². The average Bonchev–Trinajstić information content (AvgIpc) is 2.26. The average molecular weight is 196 g/mol. The maximum atomic E-state index is 8.83. The molecule has 1 aromatic rings. The molecule has 1 atom stereocenters. The molecule has 1 aromatic heterocycles. The molecule has 1 unspecified atom stereocenters. The molecule has 0 saturated carbocycles. The fourth-order valence-corrected chi connectivity index (χ4v) is 1.09. The summed E-state index contributed by atoms with van der Waals surface area (Å²) in [4.78, 5) is 4.08. The Morgan fingerprint density at radius 3 is 3.07 bits per heavy atom. The van der Waals surface area contributed by atoms with Crippen LogP contribution in [0, 0.1) is 0 Å². The van der Waals surface area contributed by atoms with E-state index in [-0.39, 0.29) is 12.6 Å². The van der Waals surface area contributed by atoms with Crippen LogP contribution in [0.4, 0.5) is 0 Å². The van der Waals surface area contributed by atoms with E-state index >= 15 is 0 Å². The fraction of sp³-hybridized carbons (Fsp3) is 0.500. The lowest BCUT2D eigenvalue weighted by atomic mass is 10.2. The van der Waals surface area contributed by atoms with Gasteiger partial charge in [0.1, 0.15) is 0 Å². The summed E-state index contributed by atoms with van der Waals surface area (Å²) in [5, 5.41) is 12.0. The van der Waals surface area contributed by atoms with Crippen LogP contribution in [-0.2, 0) is 6.54 Å². The SMILES string of the molecule is COc1ncccc1CNC(C)CO. The molecule has 0 saturated heterocycles. The first kappa shape index (κ1) is 10.9. The first-order valence-corrected chi connectivity index (χ1v) is 4.60. The number of aromatic nitrogens is 1. The van der Waals surface area contributed by atoms with E-state index in [1.54, 1.807) is 13.3 Å². The summed E-state index contributed by atoms with van der Waals surface area (Å²) in [5.74, 6) is 0.630. The topological polar surface area (TPSA) is 54.4 Å². The predicted octanol–water partition coefficient (Wildman–Crippen LogP) is 0.561. The number of nitrogens with one attached hydrogen (secondary N) is 1. The molecule has 0 spiro atoms. The van der Waals surface area contributed by atoms with Crippen molar-refractivity contribution in [1.82, 2.24) is 10.3 Å². The van der Waals surface area contributed by atoms with Crippen molar-refractivity contribution in [2.24, 2.45) is 0 Å². The molecule has 0 fully saturated rings. The highest BCUT2D eigenvalue weighted by Gasteiger charge is 2.04. The number of aliphatic hydroxyl groups excluding tert-OH is 1. The normalized spacial score (nSPS) is 12.5. The highest BCUT2D eigenvalue weighted by Crippen LogP contribution is 2.12. The van der Waals surface area contributed by atoms with Crippen LogP contribution in [0.1, 0.15) is 12.5 Å². The molecule has 0 bridgehead atoms. The summed E-state index contributed by atoms with van der Waals surface area (Å²) < 4.78 is 5.10. The van der Waals surface area contributed by atoms with Gasteiger partial charge in [0, 0.05) is 24.3 Å².